The molecule has 0 radical (unpaired) electrons. The average Bonchev–Trinajstić information content (AvgIpc) is 2.46. The fourth-order valence-electron chi connectivity index (χ4n) is 2.61. The summed E-state index contributed by atoms with van der Waals surface area (Å²) in [6.07, 6.45) is -3.06. The van der Waals surface area contributed by atoms with Crippen LogP contribution in [0, 0.1) is 0 Å². The largest absolute Gasteiger partial charge is 0.481 e. The Balaban J connectivity index is 2.37. The monoisotopic (exact) mass is 349 g/mol. The fraction of sp³-hybridized carbons (Fsp3) is 0.500. The van der Waals surface area contributed by atoms with Gasteiger partial charge in [-0.05, 0) is 18.9 Å². The van der Waals surface area contributed by atoms with Crippen LogP contribution in [0.1, 0.15) is 31.3 Å². The molecule has 2 N–H and O–H groups in total. The van der Waals surface area contributed by atoms with Gasteiger partial charge in [-0.3, -0.25) is 4.79 Å². The molecule has 1 aromatic rings. The highest BCUT2D eigenvalue weighted by atomic mass is 32.2. The number of benzene rings is 1. The molecule has 1 fully saturated rings. The standard InChI is InChI=1S/C14H17F2NO5S/c15-13(16)10-3-1-2-4-11(10)23(20,21)17-14(9-12(18)19)5-7-22-8-6-14/h1-4,13,17H,5-9H2,(H,18,19). The summed E-state index contributed by atoms with van der Waals surface area (Å²) in [6.45, 7) is 0.401. The number of halogens is 2. The summed E-state index contributed by atoms with van der Waals surface area (Å²) in [6, 6.07) is 4.78. The minimum atomic E-state index is -4.29. The van der Waals surface area contributed by atoms with Crippen molar-refractivity contribution in [1.82, 2.24) is 4.72 Å². The van der Waals surface area contributed by atoms with E-state index in [2.05, 4.69) is 4.72 Å². The first-order chi connectivity index (χ1) is 10.8. The Bertz CT molecular complexity index is 672. The molecule has 23 heavy (non-hydrogen) atoms. The lowest BCUT2D eigenvalue weighted by atomic mass is 9.88. The third-order valence-electron chi connectivity index (χ3n) is 3.73. The number of ether oxygens (including phenoxy) is 1. The van der Waals surface area contributed by atoms with Crippen LogP contribution in [0.3, 0.4) is 0 Å². The maximum atomic E-state index is 13.0. The van der Waals surface area contributed by atoms with Crippen LogP contribution in [-0.2, 0) is 19.6 Å². The molecule has 1 aromatic carbocycles. The second kappa shape index (κ2) is 6.90. The van der Waals surface area contributed by atoms with E-state index in [4.69, 9.17) is 9.84 Å². The second-order valence-corrected chi connectivity index (χ2v) is 7.06. The molecular weight excluding hydrogens is 332 g/mol. The number of sulfonamides is 1. The second-order valence-electron chi connectivity index (χ2n) is 5.41. The van der Waals surface area contributed by atoms with Gasteiger partial charge in [0.25, 0.3) is 6.43 Å². The van der Waals surface area contributed by atoms with Crippen LogP contribution >= 0.6 is 0 Å². The summed E-state index contributed by atoms with van der Waals surface area (Å²) in [5.41, 5.74) is -1.85. The summed E-state index contributed by atoms with van der Waals surface area (Å²) < 4.78 is 58.6. The lowest BCUT2D eigenvalue weighted by molar-refractivity contribution is -0.139. The van der Waals surface area contributed by atoms with E-state index >= 15 is 0 Å². The van der Waals surface area contributed by atoms with E-state index in [1.165, 1.54) is 12.1 Å². The zero-order valence-electron chi connectivity index (χ0n) is 12.2. The smallest absolute Gasteiger partial charge is 0.305 e. The first-order valence-corrected chi connectivity index (χ1v) is 8.45. The Hall–Kier alpha value is -1.58. The van der Waals surface area contributed by atoms with Gasteiger partial charge in [-0.25, -0.2) is 21.9 Å². The highest BCUT2D eigenvalue weighted by Crippen LogP contribution is 2.30. The van der Waals surface area contributed by atoms with Crippen molar-refractivity contribution in [3.63, 3.8) is 0 Å². The van der Waals surface area contributed by atoms with Crippen LogP contribution in [-0.4, -0.2) is 38.2 Å². The molecule has 1 aliphatic heterocycles. The van der Waals surface area contributed by atoms with E-state index in [9.17, 15) is 22.0 Å². The van der Waals surface area contributed by atoms with Crippen molar-refractivity contribution < 1.29 is 31.8 Å². The molecule has 0 amide bonds. The van der Waals surface area contributed by atoms with Gasteiger partial charge in [0.15, 0.2) is 0 Å². The zero-order chi connectivity index (χ0) is 17.1. The number of aliphatic carboxylic acids is 1. The van der Waals surface area contributed by atoms with Gasteiger partial charge >= 0.3 is 5.97 Å². The van der Waals surface area contributed by atoms with Gasteiger partial charge in [-0.15, -0.1) is 0 Å². The van der Waals surface area contributed by atoms with Crippen LogP contribution in [0.25, 0.3) is 0 Å². The molecule has 0 bridgehead atoms. The minimum absolute atomic E-state index is 0.162. The molecule has 0 unspecified atom stereocenters. The van der Waals surface area contributed by atoms with Gasteiger partial charge < -0.3 is 9.84 Å². The van der Waals surface area contributed by atoms with Crippen LogP contribution in [0.15, 0.2) is 29.2 Å². The predicted molar refractivity (Wildman–Crippen MR) is 76.8 cm³/mol. The summed E-state index contributed by atoms with van der Waals surface area (Å²) in [5, 5.41) is 9.05. The zero-order valence-corrected chi connectivity index (χ0v) is 13.0. The number of hydrogen-bond acceptors (Lipinski definition) is 4. The Labute approximate surface area is 132 Å². The Morgan fingerprint density at radius 3 is 2.48 bits per heavy atom. The highest BCUT2D eigenvalue weighted by Gasteiger charge is 2.39. The predicted octanol–water partition coefficient (Wildman–Crippen LogP) is 1.93. The van der Waals surface area contributed by atoms with Crippen molar-refractivity contribution in [2.75, 3.05) is 13.2 Å². The number of carboxylic acid groups (broad SMARTS) is 1. The van der Waals surface area contributed by atoms with Crippen molar-refractivity contribution in [3.05, 3.63) is 29.8 Å². The van der Waals surface area contributed by atoms with Crippen molar-refractivity contribution >= 4 is 16.0 Å². The molecule has 0 spiro atoms. The number of rotatable bonds is 6. The lowest BCUT2D eigenvalue weighted by Gasteiger charge is -2.36. The molecule has 1 heterocycles. The fourth-order valence-corrected chi connectivity index (χ4v) is 4.29. The number of hydrogen-bond donors (Lipinski definition) is 2. The SMILES string of the molecule is O=C(O)CC1(NS(=O)(=O)c2ccccc2C(F)F)CCOCC1. The first kappa shape index (κ1) is 17.8. The van der Waals surface area contributed by atoms with Gasteiger partial charge in [0.05, 0.1) is 11.3 Å². The summed E-state index contributed by atoms with van der Waals surface area (Å²) in [7, 11) is -4.29. The van der Waals surface area contributed by atoms with Gasteiger partial charge in [-0.1, -0.05) is 18.2 Å². The van der Waals surface area contributed by atoms with Gasteiger partial charge in [0.1, 0.15) is 0 Å². The lowest BCUT2D eigenvalue weighted by Crippen LogP contribution is -2.53. The molecule has 2 rings (SSSR count). The maximum absolute atomic E-state index is 13.0. The molecule has 0 aliphatic carbocycles. The quantitative estimate of drug-likeness (QED) is 0.819. The Morgan fingerprint density at radius 2 is 1.91 bits per heavy atom. The highest BCUT2D eigenvalue weighted by molar-refractivity contribution is 7.89. The van der Waals surface area contributed by atoms with E-state index in [0.29, 0.717) is 0 Å². The Morgan fingerprint density at radius 1 is 1.30 bits per heavy atom. The van der Waals surface area contributed by atoms with Gasteiger partial charge in [-0.2, -0.15) is 0 Å². The third-order valence-corrected chi connectivity index (χ3v) is 5.39. The number of alkyl halides is 2. The topological polar surface area (TPSA) is 92.7 Å². The van der Waals surface area contributed by atoms with E-state index in [0.717, 1.165) is 12.1 Å². The Kier molecular flexibility index (Phi) is 5.33. The normalized spacial score (nSPS) is 18.0. The summed E-state index contributed by atoms with van der Waals surface area (Å²) >= 11 is 0. The van der Waals surface area contributed by atoms with E-state index < -0.39 is 44.8 Å². The van der Waals surface area contributed by atoms with Crippen LogP contribution in [0.4, 0.5) is 8.78 Å². The van der Waals surface area contributed by atoms with Gasteiger partial charge in [0.2, 0.25) is 10.0 Å². The van der Waals surface area contributed by atoms with Crippen molar-refractivity contribution in [1.29, 1.82) is 0 Å². The molecule has 9 heteroatoms. The molecule has 0 atom stereocenters. The third kappa shape index (κ3) is 4.24. The van der Waals surface area contributed by atoms with Crippen molar-refractivity contribution in [2.45, 2.75) is 36.1 Å². The molecule has 128 valence electrons. The molecule has 0 saturated carbocycles. The van der Waals surface area contributed by atoms with E-state index in [1.54, 1.807) is 0 Å². The van der Waals surface area contributed by atoms with Crippen LogP contribution in [0.5, 0.6) is 0 Å². The molecule has 0 aromatic heterocycles. The molecule has 1 aliphatic rings. The first-order valence-electron chi connectivity index (χ1n) is 6.96. The van der Waals surface area contributed by atoms with Crippen LogP contribution < -0.4 is 4.72 Å². The molecular formula is C14H17F2NO5S. The number of carboxylic acids is 1. The van der Waals surface area contributed by atoms with Crippen molar-refractivity contribution in [2.24, 2.45) is 0 Å². The van der Waals surface area contributed by atoms with Crippen LogP contribution in [0.2, 0.25) is 0 Å². The van der Waals surface area contributed by atoms with E-state index in [-0.39, 0.29) is 26.1 Å². The summed E-state index contributed by atoms with van der Waals surface area (Å²) in [5.74, 6) is -1.17. The number of carbonyl (C=O) groups is 1. The molecule has 6 nitrogen and oxygen atoms in total. The minimum Gasteiger partial charge on any atom is -0.481 e. The number of nitrogens with one attached hydrogen (secondary N) is 1. The molecule has 1 saturated heterocycles. The van der Waals surface area contributed by atoms with E-state index in [1.807, 2.05) is 0 Å². The van der Waals surface area contributed by atoms with Crippen molar-refractivity contribution in [3.8, 4) is 0 Å². The maximum Gasteiger partial charge on any atom is 0.305 e. The average molecular weight is 349 g/mol. The van der Waals surface area contributed by atoms with Gasteiger partial charge in [0, 0.05) is 24.3 Å². The summed E-state index contributed by atoms with van der Waals surface area (Å²) in [4.78, 5) is 10.5.